The number of aromatic amines is 1. The lowest BCUT2D eigenvalue weighted by molar-refractivity contribution is 0.0937. The first kappa shape index (κ1) is 19.0. The van der Waals surface area contributed by atoms with Gasteiger partial charge in [-0.2, -0.15) is 0 Å². The number of imidazole rings is 1. The molecule has 1 aliphatic heterocycles. The van der Waals surface area contributed by atoms with E-state index >= 15 is 0 Å². The molecule has 2 heterocycles. The quantitative estimate of drug-likeness (QED) is 0.683. The lowest BCUT2D eigenvalue weighted by Gasteiger charge is -2.36. The molecule has 148 valence electrons. The van der Waals surface area contributed by atoms with Gasteiger partial charge in [-0.3, -0.25) is 4.21 Å². The van der Waals surface area contributed by atoms with Gasteiger partial charge in [-0.05, 0) is 31.0 Å². The van der Waals surface area contributed by atoms with Gasteiger partial charge >= 0.3 is 0 Å². The van der Waals surface area contributed by atoms with E-state index in [-0.39, 0.29) is 6.10 Å². The second-order valence-corrected chi connectivity index (χ2v) is 8.23. The van der Waals surface area contributed by atoms with Gasteiger partial charge in [-0.25, -0.2) is 4.98 Å². The summed E-state index contributed by atoms with van der Waals surface area (Å²) >= 11 is 0. The first-order valence-corrected chi connectivity index (χ1v) is 10.8. The summed E-state index contributed by atoms with van der Waals surface area (Å²) in [6, 6.07) is 11.8. The first-order chi connectivity index (χ1) is 13.6. The Morgan fingerprint density at radius 2 is 2.14 bits per heavy atom. The van der Waals surface area contributed by atoms with Crippen LogP contribution in [-0.4, -0.2) is 41.5 Å². The minimum absolute atomic E-state index is 0.0878. The van der Waals surface area contributed by atoms with Crippen molar-refractivity contribution in [2.45, 2.75) is 30.4 Å². The maximum Gasteiger partial charge on any atom is 0.197 e. The molecule has 2 unspecified atom stereocenters. The summed E-state index contributed by atoms with van der Waals surface area (Å²) in [5.41, 5.74) is 5.02. The summed E-state index contributed by atoms with van der Waals surface area (Å²) in [4.78, 5) is 10.1. The number of fused-ring (bicyclic) bond motifs is 2. The fourth-order valence-corrected chi connectivity index (χ4v) is 4.96. The van der Waals surface area contributed by atoms with E-state index in [0.29, 0.717) is 10.9 Å². The van der Waals surface area contributed by atoms with Crippen LogP contribution in [0.5, 0.6) is 5.75 Å². The fraction of sp³-hybridized carbons (Fsp3) is 0.381. The lowest BCUT2D eigenvalue weighted by atomic mass is 9.95. The van der Waals surface area contributed by atoms with Gasteiger partial charge in [0.25, 0.3) is 0 Å². The Morgan fingerprint density at radius 3 is 2.89 bits per heavy atom. The topological polar surface area (TPSA) is 67.4 Å². The average molecular weight is 400 g/mol. The first-order valence-electron chi connectivity index (χ1n) is 9.46. The largest absolute Gasteiger partial charge is 0.497 e. The molecule has 0 fully saturated rings. The normalized spacial score (nSPS) is 17.5. The molecule has 0 saturated heterocycles. The molecule has 0 amide bonds. The van der Waals surface area contributed by atoms with Crippen LogP contribution in [0.15, 0.2) is 41.6 Å². The van der Waals surface area contributed by atoms with E-state index in [0.717, 1.165) is 47.5 Å². The molecule has 1 aromatic heterocycles. The van der Waals surface area contributed by atoms with Crippen molar-refractivity contribution in [2.24, 2.45) is 0 Å². The van der Waals surface area contributed by atoms with Gasteiger partial charge in [0.1, 0.15) is 5.75 Å². The summed E-state index contributed by atoms with van der Waals surface area (Å²) in [5.74, 6) is 1.15. The smallest absolute Gasteiger partial charge is 0.197 e. The third-order valence-corrected chi connectivity index (χ3v) is 6.51. The molecule has 0 aliphatic carbocycles. The van der Waals surface area contributed by atoms with Gasteiger partial charge in [0.15, 0.2) is 5.16 Å². The molecule has 0 radical (unpaired) electrons. The molecule has 1 aliphatic rings. The number of hydrogen-bond donors (Lipinski definition) is 1. The number of benzene rings is 2. The van der Waals surface area contributed by atoms with Crippen molar-refractivity contribution in [2.75, 3.05) is 32.2 Å². The van der Waals surface area contributed by atoms with Gasteiger partial charge in [0.05, 0.1) is 40.8 Å². The van der Waals surface area contributed by atoms with E-state index in [1.807, 2.05) is 24.3 Å². The molecule has 0 saturated carbocycles. The molecule has 0 spiro atoms. The Kier molecular flexibility index (Phi) is 5.37. The number of nitrogens with one attached hydrogen (secondary N) is 1. The minimum atomic E-state index is -1.28. The number of H-pyrrole nitrogens is 1. The second kappa shape index (κ2) is 7.93. The van der Waals surface area contributed by atoms with Crippen molar-refractivity contribution in [1.29, 1.82) is 0 Å². The molecule has 2 aromatic carbocycles. The lowest BCUT2D eigenvalue weighted by Crippen LogP contribution is -2.32. The number of anilines is 1. The van der Waals surface area contributed by atoms with Crippen LogP contribution in [0.4, 0.5) is 5.69 Å². The summed E-state index contributed by atoms with van der Waals surface area (Å²) < 4.78 is 24.0. The van der Waals surface area contributed by atoms with Crippen LogP contribution < -0.4 is 9.64 Å². The zero-order chi connectivity index (χ0) is 19.7. The average Bonchev–Trinajstić information content (AvgIpc) is 3.16. The second-order valence-electron chi connectivity index (χ2n) is 6.86. The van der Waals surface area contributed by atoms with Crippen LogP contribution in [0, 0.1) is 0 Å². The van der Waals surface area contributed by atoms with Gasteiger partial charge in [-0.15, -0.1) is 0 Å². The van der Waals surface area contributed by atoms with Crippen molar-refractivity contribution in [3.63, 3.8) is 0 Å². The Hall–Kier alpha value is -2.38. The Balaban J connectivity index is 1.67. The predicted molar refractivity (Wildman–Crippen MR) is 111 cm³/mol. The van der Waals surface area contributed by atoms with Crippen molar-refractivity contribution < 1.29 is 13.7 Å². The number of para-hydroxylation sites is 1. The molecule has 28 heavy (non-hydrogen) atoms. The highest BCUT2D eigenvalue weighted by molar-refractivity contribution is 7.84. The van der Waals surface area contributed by atoms with E-state index in [2.05, 4.69) is 33.9 Å². The van der Waals surface area contributed by atoms with Crippen molar-refractivity contribution >= 4 is 27.5 Å². The van der Waals surface area contributed by atoms with Gasteiger partial charge in [-0.1, -0.05) is 18.2 Å². The van der Waals surface area contributed by atoms with E-state index in [1.165, 1.54) is 5.56 Å². The Labute approximate surface area is 167 Å². The zero-order valence-corrected chi connectivity index (χ0v) is 17.2. The molecular weight excluding hydrogens is 374 g/mol. The van der Waals surface area contributed by atoms with E-state index in [4.69, 9.17) is 9.47 Å². The van der Waals surface area contributed by atoms with E-state index in [9.17, 15) is 4.21 Å². The van der Waals surface area contributed by atoms with Crippen LogP contribution in [0.3, 0.4) is 0 Å². The van der Waals surface area contributed by atoms with Crippen LogP contribution in [-0.2, 0) is 21.3 Å². The minimum Gasteiger partial charge on any atom is -0.497 e. The molecular formula is C21H25N3O3S. The molecule has 7 heteroatoms. The molecule has 4 rings (SSSR count). The molecule has 6 nitrogen and oxygen atoms in total. The summed E-state index contributed by atoms with van der Waals surface area (Å²) in [6.07, 6.45) is 1.06. The predicted octanol–water partition coefficient (Wildman–Crippen LogP) is 3.80. The monoisotopic (exact) mass is 399 g/mol. The van der Waals surface area contributed by atoms with Crippen LogP contribution in [0.2, 0.25) is 0 Å². The SMILES string of the molecule is CCN1CCC(OC)c2cccc(CS(=O)c3nc4ccc(OC)cc4[nH]3)c21. The summed E-state index contributed by atoms with van der Waals surface area (Å²) in [6.45, 7) is 4.00. The number of ether oxygens (including phenoxy) is 2. The van der Waals surface area contributed by atoms with Crippen molar-refractivity contribution in [1.82, 2.24) is 9.97 Å². The number of aromatic nitrogens is 2. The summed E-state index contributed by atoms with van der Waals surface area (Å²) in [5, 5.41) is 0.489. The van der Waals surface area contributed by atoms with Crippen LogP contribution in [0.25, 0.3) is 11.0 Å². The zero-order valence-electron chi connectivity index (χ0n) is 16.4. The number of rotatable bonds is 6. The standard InChI is InChI=1S/C21H25N3O3S/c1-4-24-11-10-19(27-3)16-7-5-6-14(20(16)24)13-28(25)21-22-17-9-8-15(26-2)12-18(17)23-21/h5-9,12,19H,4,10-11,13H2,1-3H3,(H,22,23). The highest BCUT2D eigenvalue weighted by Gasteiger charge is 2.27. The Bertz CT molecular complexity index is 1020. The molecule has 0 bridgehead atoms. The molecule has 3 aromatic rings. The fourth-order valence-electron chi connectivity index (χ4n) is 3.88. The molecule has 2 atom stereocenters. The third-order valence-electron chi connectivity index (χ3n) is 5.31. The number of nitrogens with zero attached hydrogens (tertiary/aromatic N) is 2. The van der Waals surface area contributed by atoms with E-state index < -0.39 is 10.8 Å². The highest BCUT2D eigenvalue weighted by atomic mass is 32.2. The van der Waals surface area contributed by atoms with Crippen molar-refractivity contribution in [3.05, 3.63) is 47.5 Å². The number of hydrogen-bond acceptors (Lipinski definition) is 5. The molecule has 1 N–H and O–H groups in total. The van der Waals surface area contributed by atoms with Crippen molar-refractivity contribution in [3.8, 4) is 5.75 Å². The van der Waals surface area contributed by atoms with E-state index in [1.54, 1.807) is 14.2 Å². The van der Waals surface area contributed by atoms with Crippen LogP contribution >= 0.6 is 0 Å². The van der Waals surface area contributed by atoms with Gasteiger partial charge in [0.2, 0.25) is 0 Å². The number of methoxy groups -OCH3 is 2. The van der Waals surface area contributed by atoms with Gasteiger partial charge < -0.3 is 19.4 Å². The maximum atomic E-state index is 13.1. The highest BCUT2D eigenvalue weighted by Crippen LogP contribution is 2.38. The Morgan fingerprint density at radius 1 is 1.29 bits per heavy atom. The maximum absolute atomic E-state index is 13.1. The van der Waals surface area contributed by atoms with Gasteiger partial charge in [0, 0.05) is 37.5 Å². The summed E-state index contributed by atoms with van der Waals surface area (Å²) in [7, 11) is 2.10. The third kappa shape index (κ3) is 3.40. The van der Waals surface area contributed by atoms with Crippen LogP contribution in [0.1, 0.15) is 30.6 Å².